The molecule has 2 heterocycles. The van der Waals surface area contributed by atoms with Crippen molar-refractivity contribution in [2.75, 3.05) is 56.6 Å². The third-order valence-electron chi connectivity index (χ3n) is 5.59. The first-order valence-electron chi connectivity index (χ1n) is 10.8. The van der Waals surface area contributed by atoms with Gasteiger partial charge in [0, 0.05) is 24.5 Å². The molecule has 0 bridgehead atoms. The smallest absolute Gasteiger partial charge is 0.241 e. The molecule has 0 radical (unpaired) electrons. The number of nitrogens with one attached hydrogen (secondary N) is 2. The van der Waals surface area contributed by atoms with Crippen LogP contribution in [0.1, 0.15) is 33.1 Å². The number of benzene rings is 1. The molecule has 1 aromatic carbocycles. The minimum Gasteiger partial charge on any atom is -0.379 e. The third-order valence-corrected chi connectivity index (χ3v) is 5.59. The molecule has 0 unspecified atom stereocenters. The van der Waals surface area contributed by atoms with Gasteiger partial charge in [0.05, 0.1) is 25.8 Å². The van der Waals surface area contributed by atoms with Gasteiger partial charge in [0.2, 0.25) is 11.8 Å². The number of carbonyl (C=O) groups excluding carboxylic acids is 2. The molecule has 7 nitrogen and oxygen atoms in total. The molecule has 2 saturated heterocycles. The van der Waals surface area contributed by atoms with Crippen LogP contribution in [0.5, 0.6) is 0 Å². The Bertz CT molecular complexity index is 665. The molecule has 2 N–H and O–H groups in total. The average molecular weight is 403 g/mol. The van der Waals surface area contributed by atoms with Gasteiger partial charge in [0.1, 0.15) is 0 Å². The van der Waals surface area contributed by atoms with E-state index in [1.807, 2.05) is 24.3 Å². The van der Waals surface area contributed by atoms with Crippen molar-refractivity contribution in [3.8, 4) is 0 Å². The molecule has 2 aliphatic heterocycles. The molecule has 29 heavy (non-hydrogen) atoms. The van der Waals surface area contributed by atoms with Crippen molar-refractivity contribution in [1.82, 2.24) is 9.80 Å². The summed E-state index contributed by atoms with van der Waals surface area (Å²) in [6.07, 6.45) is 3.58. The monoisotopic (exact) mass is 402 g/mol. The van der Waals surface area contributed by atoms with E-state index >= 15 is 0 Å². The van der Waals surface area contributed by atoms with E-state index in [-0.39, 0.29) is 23.8 Å². The lowest BCUT2D eigenvalue weighted by atomic mass is 9.98. The Hall–Kier alpha value is -1.96. The number of piperidine rings is 1. The Balaban J connectivity index is 1.52. The lowest BCUT2D eigenvalue weighted by Crippen LogP contribution is -2.49. The normalized spacial score (nSPS) is 19.7. The van der Waals surface area contributed by atoms with Crippen LogP contribution in [0.15, 0.2) is 24.3 Å². The number of hydrogen-bond acceptors (Lipinski definition) is 5. The average Bonchev–Trinajstić information content (AvgIpc) is 2.71. The van der Waals surface area contributed by atoms with Gasteiger partial charge in [-0.1, -0.05) is 20.3 Å². The summed E-state index contributed by atoms with van der Waals surface area (Å²) < 4.78 is 5.30. The van der Waals surface area contributed by atoms with Gasteiger partial charge in [-0.3, -0.25) is 19.4 Å². The molecular weight excluding hydrogens is 368 g/mol. The van der Waals surface area contributed by atoms with E-state index in [9.17, 15) is 9.59 Å². The quantitative estimate of drug-likeness (QED) is 0.733. The molecule has 0 aliphatic carbocycles. The maximum Gasteiger partial charge on any atom is 0.241 e. The van der Waals surface area contributed by atoms with Crippen LogP contribution in [-0.4, -0.2) is 73.6 Å². The SMILES string of the molecule is CC(C)[C@@H](C(=O)Nc1ccc(NC(=O)CN2CCOCC2)cc1)N1CCCCC1. The van der Waals surface area contributed by atoms with Gasteiger partial charge in [-0.05, 0) is 56.1 Å². The number of anilines is 2. The molecule has 2 aliphatic rings. The van der Waals surface area contributed by atoms with Crippen LogP contribution in [0.2, 0.25) is 0 Å². The zero-order chi connectivity index (χ0) is 20.6. The predicted molar refractivity (Wildman–Crippen MR) is 115 cm³/mol. The van der Waals surface area contributed by atoms with Crippen LogP contribution in [0.3, 0.4) is 0 Å². The molecule has 2 amide bonds. The highest BCUT2D eigenvalue weighted by molar-refractivity contribution is 5.96. The standard InChI is InChI=1S/C22H34N4O3/c1-17(2)21(26-10-4-3-5-11-26)22(28)24-19-8-6-18(7-9-19)23-20(27)16-25-12-14-29-15-13-25/h6-9,17,21H,3-5,10-16H2,1-2H3,(H,23,27)(H,24,28)/t21-/m0/s1. The Morgan fingerprint density at radius 3 is 2.10 bits per heavy atom. The fourth-order valence-electron chi connectivity index (χ4n) is 4.10. The van der Waals surface area contributed by atoms with E-state index in [4.69, 9.17) is 4.74 Å². The van der Waals surface area contributed by atoms with Crippen LogP contribution in [0.25, 0.3) is 0 Å². The molecule has 3 rings (SSSR count). The molecule has 7 heteroatoms. The lowest BCUT2D eigenvalue weighted by Gasteiger charge is -2.35. The number of morpholine rings is 1. The number of rotatable bonds is 7. The van der Waals surface area contributed by atoms with Crippen molar-refractivity contribution in [1.29, 1.82) is 0 Å². The Morgan fingerprint density at radius 1 is 0.931 bits per heavy atom. The van der Waals surface area contributed by atoms with Gasteiger partial charge in [-0.25, -0.2) is 0 Å². The summed E-state index contributed by atoms with van der Waals surface area (Å²) in [5, 5.41) is 5.97. The van der Waals surface area contributed by atoms with E-state index in [0.29, 0.717) is 19.8 Å². The fraction of sp³-hybridized carbons (Fsp3) is 0.636. The summed E-state index contributed by atoms with van der Waals surface area (Å²) in [6.45, 7) is 9.48. The van der Waals surface area contributed by atoms with Crippen LogP contribution >= 0.6 is 0 Å². The Labute approximate surface area is 173 Å². The summed E-state index contributed by atoms with van der Waals surface area (Å²) in [4.78, 5) is 29.5. The fourth-order valence-corrected chi connectivity index (χ4v) is 4.10. The second-order valence-corrected chi connectivity index (χ2v) is 8.29. The van der Waals surface area contributed by atoms with Crippen LogP contribution in [-0.2, 0) is 14.3 Å². The van der Waals surface area contributed by atoms with E-state index in [1.165, 1.54) is 6.42 Å². The van der Waals surface area contributed by atoms with E-state index in [2.05, 4.69) is 34.3 Å². The highest BCUT2D eigenvalue weighted by Crippen LogP contribution is 2.20. The topological polar surface area (TPSA) is 73.9 Å². The van der Waals surface area contributed by atoms with Crippen LogP contribution in [0.4, 0.5) is 11.4 Å². The molecule has 0 spiro atoms. The van der Waals surface area contributed by atoms with E-state index < -0.39 is 0 Å². The van der Waals surface area contributed by atoms with Crippen LogP contribution < -0.4 is 10.6 Å². The second kappa shape index (κ2) is 10.7. The van der Waals surface area contributed by atoms with Gasteiger partial charge in [0.15, 0.2) is 0 Å². The van der Waals surface area contributed by atoms with Crippen molar-refractivity contribution in [2.24, 2.45) is 5.92 Å². The minimum atomic E-state index is -0.108. The van der Waals surface area contributed by atoms with Crippen molar-refractivity contribution in [2.45, 2.75) is 39.2 Å². The number of likely N-dealkylation sites (tertiary alicyclic amines) is 1. The highest BCUT2D eigenvalue weighted by atomic mass is 16.5. The van der Waals surface area contributed by atoms with Gasteiger partial charge in [-0.2, -0.15) is 0 Å². The molecule has 1 aromatic rings. The number of nitrogens with zero attached hydrogens (tertiary/aromatic N) is 2. The molecule has 160 valence electrons. The second-order valence-electron chi connectivity index (χ2n) is 8.29. The largest absolute Gasteiger partial charge is 0.379 e. The van der Waals surface area contributed by atoms with Gasteiger partial charge >= 0.3 is 0 Å². The number of hydrogen-bond donors (Lipinski definition) is 2. The number of amides is 2. The molecule has 1 atom stereocenters. The van der Waals surface area contributed by atoms with E-state index in [0.717, 1.165) is 50.4 Å². The van der Waals surface area contributed by atoms with Crippen molar-refractivity contribution in [3.63, 3.8) is 0 Å². The summed E-state index contributed by atoms with van der Waals surface area (Å²) in [6, 6.07) is 7.24. The maximum absolute atomic E-state index is 12.9. The third kappa shape index (κ3) is 6.52. The van der Waals surface area contributed by atoms with Gasteiger partial charge < -0.3 is 15.4 Å². The first-order chi connectivity index (χ1) is 14.0. The highest BCUT2D eigenvalue weighted by Gasteiger charge is 2.29. The summed E-state index contributed by atoms with van der Waals surface area (Å²) in [5.41, 5.74) is 1.49. The predicted octanol–water partition coefficient (Wildman–Crippen LogP) is 2.41. The Kier molecular flexibility index (Phi) is 8.03. The number of carbonyl (C=O) groups is 2. The zero-order valence-corrected chi connectivity index (χ0v) is 17.7. The van der Waals surface area contributed by atoms with Gasteiger partial charge in [0.25, 0.3) is 0 Å². The lowest BCUT2D eigenvalue weighted by molar-refractivity contribution is -0.123. The molecule has 0 aromatic heterocycles. The van der Waals surface area contributed by atoms with Gasteiger partial charge in [-0.15, -0.1) is 0 Å². The Morgan fingerprint density at radius 2 is 1.52 bits per heavy atom. The summed E-state index contributed by atoms with van der Waals surface area (Å²) in [5.74, 6) is 0.270. The first kappa shape index (κ1) is 21.7. The van der Waals surface area contributed by atoms with Crippen molar-refractivity contribution < 1.29 is 14.3 Å². The van der Waals surface area contributed by atoms with Crippen molar-refractivity contribution in [3.05, 3.63) is 24.3 Å². The summed E-state index contributed by atoms with van der Waals surface area (Å²) in [7, 11) is 0. The molecule has 2 fully saturated rings. The molecule has 0 saturated carbocycles. The van der Waals surface area contributed by atoms with E-state index in [1.54, 1.807) is 0 Å². The zero-order valence-electron chi connectivity index (χ0n) is 17.7. The maximum atomic E-state index is 12.9. The first-order valence-corrected chi connectivity index (χ1v) is 10.8. The summed E-state index contributed by atoms with van der Waals surface area (Å²) >= 11 is 0. The van der Waals surface area contributed by atoms with Crippen LogP contribution in [0, 0.1) is 5.92 Å². The van der Waals surface area contributed by atoms with Crippen molar-refractivity contribution >= 4 is 23.2 Å². The number of ether oxygens (including phenoxy) is 1. The minimum absolute atomic E-state index is 0.0337. The molecular formula is C22H34N4O3.